The fourth-order valence-electron chi connectivity index (χ4n) is 2.45. The van der Waals surface area contributed by atoms with Crippen LogP contribution in [0.4, 0.5) is 0 Å². The number of rotatable bonds is 6. The van der Waals surface area contributed by atoms with E-state index in [0.717, 1.165) is 29.5 Å². The van der Waals surface area contributed by atoms with Crippen molar-refractivity contribution in [3.63, 3.8) is 0 Å². The number of nitrogens with one attached hydrogen (secondary N) is 2. The molecule has 2 unspecified atom stereocenters. The predicted molar refractivity (Wildman–Crippen MR) is 87.6 cm³/mol. The molecule has 1 aliphatic heterocycles. The summed E-state index contributed by atoms with van der Waals surface area (Å²) in [4.78, 5) is 12.0. The number of halogens is 1. The van der Waals surface area contributed by atoms with E-state index in [2.05, 4.69) is 26.6 Å². The van der Waals surface area contributed by atoms with E-state index in [4.69, 9.17) is 4.74 Å². The normalized spacial score (nSPS) is 19.3. The topological polar surface area (TPSA) is 50.4 Å². The van der Waals surface area contributed by atoms with Gasteiger partial charge in [0.2, 0.25) is 0 Å². The first-order chi connectivity index (χ1) is 10.1. The van der Waals surface area contributed by atoms with E-state index in [1.807, 2.05) is 25.1 Å². The lowest BCUT2D eigenvalue weighted by Gasteiger charge is -2.16. The third-order valence-corrected chi connectivity index (χ3v) is 4.39. The van der Waals surface area contributed by atoms with Crippen LogP contribution in [0.15, 0.2) is 22.7 Å². The van der Waals surface area contributed by atoms with E-state index < -0.39 is 6.10 Å². The number of carbonyl (C=O) groups is 1. The predicted octanol–water partition coefficient (Wildman–Crippen LogP) is 2.64. The van der Waals surface area contributed by atoms with Gasteiger partial charge in [0.05, 0.1) is 4.47 Å². The molecule has 4 nitrogen and oxygen atoms in total. The Morgan fingerprint density at radius 2 is 2.38 bits per heavy atom. The number of ether oxygens (including phenoxy) is 1. The van der Waals surface area contributed by atoms with Gasteiger partial charge in [-0.1, -0.05) is 6.07 Å². The molecule has 5 heteroatoms. The van der Waals surface area contributed by atoms with Crippen LogP contribution in [0.5, 0.6) is 5.75 Å². The fraction of sp³-hybridized carbons (Fsp3) is 0.562. The molecule has 2 rings (SSSR count). The molecule has 116 valence electrons. The van der Waals surface area contributed by atoms with Gasteiger partial charge < -0.3 is 15.4 Å². The Morgan fingerprint density at radius 1 is 1.57 bits per heavy atom. The number of carbonyl (C=O) groups excluding carboxylic acids is 1. The summed E-state index contributed by atoms with van der Waals surface area (Å²) in [7, 11) is 0. The SMILES string of the molecule is Cc1ccc(OC(C)C(=O)NCCC2CCNC2)c(Br)c1. The number of hydrogen-bond acceptors (Lipinski definition) is 3. The Bertz CT molecular complexity index is 487. The zero-order chi connectivity index (χ0) is 15.2. The van der Waals surface area contributed by atoms with E-state index in [1.165, 1.54) is 6.42 Å². The summed E-state index contributed by atoms with van der Waals surface area (Å²) in [6.45, 7) is 6.67. The first-order valence-corrected chi connectivity index (χ1v) is 8.27. The van der Waals surface area contributed by atoms with Crippen LogP contribution in [0.25, 0.3) is 0 Å². The van der Waals surface area contributed by atoms with E-state index in [-0.39, 0.29) is 5.91 Å². The highest BCUT2D eigenvalue weighted by Crippen LogP contribution is 2.26. The van der Waals surface area contributed by atoms with Crippen LogP contribution in [-0.4, -0.2) is 31.6 Å². The average molecular weight is 355 g/mol. The third kappa shape index (κ3) is 5.00. The first kappa shape index (κ1) is 16.3. The summed E-state index contributed by atoms with van der Waals surface area (Å²) >= 11 is 3.46. The average Bonchev–Trinajstić information content (AvgIpc) is 2.95. The van der Waals surface area contributed by atoms with Crippen LogP contribution in [0.2, 0.25) is 0 Å². The van der Waals surface area contributed by atoms with E-state index >= 15 is 0 Å². The van der Waals surface area contributed by atoms with Gasteiger partial charge in [-0.3, -0.25) is 4.79 Å². The lowest BCUT2D eigenvalue weighted by atomic mass is 10.1. The Labute approximate surface area is 134 Å². The van der Waals surface area contributed by atoms with Crippen LogP contribution >= 0.6 is 15.9 Å². The largest absolute Gasteiger partial charge is 0.480 e. The minimum atomic E-state index is -0.495. The van der Waals surface area contributed by atoms with Crippen molar-refractivity contribution in [1.82, 2.24) is 10.6 Å². The molecule has 0 spiro atoms. The van der Waals surface area contributed by atoms with E-state index in [0.29, 0.717) is 18.2 Å². The number of benzene rings is 1. The monoisotopic (exact) mass is 354 g/mol. The maximum absolute atomic E-state index is 12.0. The molecule has 1 amide bonds. The molecule has 0 aromatic heterocycles. The third-order valence-electron chi connectivity index (χ3n) is 3.77. The summed E-state index contributed by atoms with van der Waals surface area (Å²) < 4.78 is 6.59. The fourth-order valence-corrected chi connectivity index (χ4v) is 3.04. The molecule has 0 radical (unpaired) electrons. The van der Waals surface area contributed by atoms with Gasteiger partial charge in [0, 0.05) is 6.54 Å². The van der Waals surface area contributed by atoms with Crippen LogP contribution in [0, 0.1) is 12.8 Å². The van der Waals surface area contributed by atoms with Crippen molar-refractivity contribution in [3.05, 3.63) is 28.2 Å². The molecule has 0 aliphatic carbocycles. The molecule has 1 aromatic carbocycles. The van der Waals surface area contributed by atoms with Crippen LogP contribution in [-0.2, 0) is 4.79 Å². The number of hydrogen-bond donors (Lipinski definition) is 2. The van der Waals surface area contributed by atoms with Crippen molar-refractivity contribution < 1.29 is 9.53 Å². The summed E-state index contributed by atoms with van der Waals surface area (Å²) in [5.74, 6) is 1.32. The molecule has 1 aliphatic rings. The molecule has 1 fully saturated rings. The quantitative estimate of drug-likeness (QED) is 0.825. The lowest BCUT2D eigenvalue weighted by Crippen LogP contribution is -2.37. The second-order valence-electron chi connectivity index (χ2n) is 5.63. The molecule has 0 saturated carbocycles. The van der Waals surface area contributed by atoms with Crippen LogP contribution in [0.3, 0.4) is 0 Å². The Balaban J connectivity index is 1.76. The molecule has 21 heavy (non-hydrogen) atoms. The Hall–Kier alpha value is -1.07. The van der Waals surface area contributed by atoms with Gasteiger partial charge in [-0.25, -0.2) is 0 Å². The zero-order valence-corrected chi connectivity index (χ0v) is 14.2. The molecule has 1 aromatic rings. The minimum absolute atomic E-state index is 0.0616. The molecular weight excluding hydrogens is 332 g/mol. The molecule has 1 heterocycles. The molecule has 1 saturated heterocycles. The number of amides is 1. The van der Waals surface area contributed by atoms with E-state index in [1.54, 1.807) is 6.92 Å². The van der Waals surface area contributed by atoms with Crippen molar-refractivity contribution in [2.45, 2.75) is 32.8 Å². The van der Waals surface area contributed by atoms with Gasteiger partial charge in [0.15, 0.2) is 6.10 Å². The highest BCUT2D eigenvalue weighted by molar-refractivity contribution is 9.10. The molecular formula is C16H23BrN2O2. The maximum atomic E-state index is 12.0. The van der Waals surface area contributed by atoms with E-state index in [9.17, 15) is 4.79 Å². The van der Waals surface area contributed by atoms with Gasteiger partial charge in [-0.05, 0) is 79.3 Å². The lowest BCUT2D eigenvalue weighted by molar-refractivity contribution is -0.127. The van der Waals surface area contributed by atoms with Crippen LogP contribution in [0.1, 0.15) is 25.3 Å². The van der Waals surface area contributed by atoms with Gasteiger partial charge >= 0.3 is 0 Å². The maximum Gasteiger partial charge on any atom is 0.260 e. The second-order valence-corrected chi connectivity index (χ2v) is 6.49. The highest BCUT2D eigenvalue weighted by Gasteiger charge is 2.18. The van der Waals surface area contributed by atoms with Crippen molar-refractivity contribution >= 4 is 21.8 Å². The van der Waals surface area contributed by atoms with Gasteiger partial charge in [-0.2, -0.15) is 0 Å². The summed E-state index contributed by atoms with van der Waals surface area (Å²) in [5.41, 5.74) is 1.15. The Morgan fingerprint density at radius 3 is 3.05 bits per heavy atom. The highest BCUT2D eigenvalue weighted by atomic mass is 79.9. The van der Waals surface area contributed by atoms with Crippen LogP contribution < -0.4 is 15.4 Å². The summed E-state index contributed by atoms with van der Waals surface area (Å²) in [6, 6.07) is 5.83. The molecule has 0 bridgehead atoms. The van der Waals surface area contributed by atoms with Crippen molar-refractivity contribution in [2.75, 3.05) is 19.6 Å². The number of aryl methyl sites for hydroxylation is 1. The summed E-state index contributed by atoms with van der Waals surface area (Å²) in [5, 5.41) is 6.29. The standard InChI is InChI=1S/C16H23BrN2O2/c1-11-3-4-15(14(17)9-11)21-12(2)16(20)19-8-6-13-5-7-18-10-13/h3-4,9,12-13,18H,5-8,10H2,1-2H3,(H,19,20). The molecule has 2 atom stereocenters. The van der Waals surface area contributed by atoms with Gasteiger partial charge in [-0.15, -0.1) is 0 Å². The first-order valence-electron chi connectivity index (χ1n) is 7.47. The minimum Gasteiger partial charge on any atom is -0.480 e. The van der Waals surface area contributed by atoms with Crippen molar-refractivity contribution in [3.8, 4) is 5.75 Å². The second kappa shape index (κ2) is 7.80. The Kier molecular flexibility index (Phi) is 6.06. The van der Waals surface area contributed by atoms with Crippen molar-refractivity contribution in [2.24, 2.45) is 5.92 Å². The summed E-state index contributed by atoms with van der Waals surface area (Å²) in [6.07, 6.45) is 1.74. The van der Waals surface area contributed by atoms with Crippen molar-refractivity contribution in [1.29, 1.82) is 0 Å². The van der Waals surface area contributed by atoms with Gasteiger partial charge in [0.25, 0.3) is 5.91 Å². The zero-order valence-electron chi connectivity index (χ0n) is 12.6. The molecule has 2 N–H and O–H groups in total. The smallest absolute Gasteiger partial charge is 0.260 e. The van der Waals surface area contributed by atoms with Gasteiger partial charge in [0.1, 0.15) is 5.75 Å².